The second kappa shape index (κ2) is 6.54. The predicted molar refractivity (Wildman–Crippen MR) is 107 cm³/mol. The highest BCUT2D eigenvalue weighted by Gasteiger charge is 2.21. The number of fused-ring (bicyclic) bond motifs is 1. The summed E-state index contributed by atoms with van der Waals surface area (Å²) in [5, 5.41) is 4.29. The van der Waals surface area contributed by atoms with Crippen LogP contribution in [-0.2, 0) is 0 Å². The first kappa shape index (κ1) is 17.5. The lowest BCUT2D eigenvalue weighted by Crippen LogP contribution is -2.16. The molecule has 0 radical (unpaired) electrons. The highest BCUT2D eigenvalue weighted by molar-refractivity contribution is 7.21. The minimum absolute atomic E-state index is 0.247. The molecule has 0 aliphatic heterocycles. The minimum Gasteiger partial charge on any atom is -0.397 e. The number of pyridine rings is 1. The Hall–Kier alpha value is -2.31. The van der Waals surface area contributed by atoms with Gasteiger partial charge in [-0.15, -0.1) is 11.3 Å². The molecule has 0 fully saturated rings. The van der Waals surface area contributed by atoms with Gasteiger partial charge in [0.25, 0.3) is 5.91 Å². The predicted octanol–water partition coefficient (Wildman–Crippen LogP) is 4.47. The van der Waals surface area contributed by atoms with Gasteiger partial charge in [0.1, 0.15) is 9.71 Å². The van der Waals surface area contributed by atoms with Gasteiger partial charge in [0, 0.05) is 19.5 Å². The number of nitrogens with zero attached hydrogens (tertiary/aromatic N) is 2. The first-order valence-corrected chi connectivity index (χ1v) is 8.93. The van der Waals surface area contributed by atoms with Gasteiger partial charge in [0.2, 0.25) is 0 Å². The second-order valence-electron chi connectivity index (χ2n) is 6.03. The number of nitrogens with two attached hydrogens (primary N) is 1. The molecule has 1 aromatic carbocycles. The van der Waals surface area contributed by atoms with E-state index < -0.39 is 0 Å². The van der Waals surface area contributed by atoms with Gasteiger partial charge in [-0.3, -0.25) is 4.79 Å². The summed E-state index contributed by atoms with van der Waals surface area (Å²) in [6.45, 7) is 3.74. The zero-order chi connectivity index (χ0) is 18.3. The van der Waals surface area contributed by atoms with Crippen molar-refractivity contribution in [3.8, 4) is 0 Å². The van der Waals surface area contributed by atoms with E-state index in [1.165, 1.54) is 11.3 Å². The zero-order valence-corrected chi connectivity index (χ0v) is 16.0. The maximum Gasteiger partial charge on any atom is 0.268 e. The number of halogens is 1. The van der Waals surface area contributed by atoms with Crippen LogP contribution >= 0.6 is 22.9 Å². The Kier molecular flexibility index (Phi) is 4.58. The molecular formula is C18H19ClN4OS. The molecule has 0 spiro atoms. The average molecular weight is 375 g/mol. The lowest BCUT2D eigenvalue weighted by molar-refractivity contribution is 0.103. The number of para-hydroxylation sites is 2. The molecule has 2 aromatic heterocycles. The summed E-state index contributed by atoms with van der Waals surface area (Å²) < 4.78 is 0. The quantitative estimate of drug-likeness (QED) is 0.709. The Morgan fingerprint density at radius 1 is 1.28 bits per heavy atom. The number of nitrogen functional groups attached to an aromatic ring is 1. The first-order valence-electron chi connectivity index (χ1n) is 7.73. The van der Waals surface area contributed by atoms with E-state index in [1.807, 2.05) is 57.1 Å². The molecule has 25 heavy (non-hydrogen) atoms. The van der Waals surface area contributed by atoms with Crippen LogP contribution in [0.15, 0.2) is 24.3 Å². The van der Waals surface area contributed by atoms with Gasteiger partial charge in [-0.05, 0) is 31.5 Å². The van der Waals surface area contributed by atoms with E-state index in [-0.39, 0.29) is 5.91 Å². The van der Waals surface area contributed by atoms with Gasteiger partial charge in [-0.25, -0.2) is 4.98 Å². The molecule has 0 aliphatic carbocycles. The van der Waals surface area contributed by atoms with Crippen LogP contribution in [-0.4, -0.2) is 25.0 Å². The smallest absolute Gasteiger partial charge is 0.268 e. The Bertz CT molecular complexity index is 981. The monoisotopic (exact) mass is 374 g/mol. The number of aromatic nitrogens is 1. The number of hydrogen-bond acceptors (Lipinski definition) is 5. The van der Waals surface area contributed by atoms with Gasteiger partial charge in [0.05, 0.1) is 27.8 Å². The Balaban J connectivity index is 2.04. The molecule has 3 N–H and O–H groups in total. The fourth-order valence-electron chi connectivity index (χ4n) is 2.77. The van der Waals surface area contributed by atoms with E-state index in [9.17, 15) is 4.79 Å². The molecule has 0 bridgehead atoms. The Morgan fingerprint density at radius 3 is 2.64 bits per heavy atom. The third kappa shape index (κ3) is 3.03. The van der Waals surface area contributed by atoms with Gasteiger partial charge in [0.15, 0.2) is 0 Å². The van der Waals surface area contributed by atoms with Crippen molar-refractivity contribution in [3.63, 3.8) is 0 Å². The third-order valence-electron chi connectivity index (χ3n) is 4.06. The molecule has 130 valence electrons. The van der Waals surface area contributed by atoms with Crippen LogP contribution in [0, 0.1) is 13.8 Å². The number of anilines is 3. The molecular weight excluding hydrogens is 356 g/mol. The summed E-state index contributed by atoms with van der Waals surface area (Å²) in [5.41, 5.74) is 9.91. The Labute approximate surface area is 155 Å². The van der Waals surface area contributed by atoms with Crippen molar-refractivity contribution in [1.29, 1.82) is 0 Å². The molecule has 0 saturated heterocycles. The molecule has 0 unspecified atom stereocenters. The van der Waals surface area contributed by atoms with Crippen LogP contribution in [0.1, 0.15) is 20.9 Å². The molecule has 2 heterocycles. The molecule has 3 rings (SSSR count). The zero-order valence-electron chi connectivity index (χ0n) is 14.5. The highest BCUT2D eigenvalue weighted by atomic mass is 35.5. The van der Waals surface area contributed by atoms with Crippen LogP contribution in [0.3, 0.4) is 0 Å². The Morgan fingerprint density at radius 2 is 1.96 bits per heavy atom. The third-order valence-corrected chi connectivity index (χ3v) is 5.71. The van der Waals surface area contributed by atoms with E-state index in [0.29, 0.717) is 15.6 Å². The van der Waals surface area contributed by atoms with E-state index >= 15 is 0 Å². The van der Waals surface area contributed by atoms with Crippen molar-refractivity contribution >= 4 is 56.1 Å². The van der Waals surface area contributed by atoms with E-state index in [2.05, 4.69) is 10.3 Å². The van der Waals surface area contributed by atoms with Crippen LogP contribution in [0.5, 0.6) is 0 Å². The summed E-state index contributed by atoms with van der Waals surface area (Å²) in [4.78, 5) is 20.4. The van der Waals surface area contributed by atoms with E-state index in [1.54, 1.807) is 0 Å². The van der Waals surface area contributed by atoms with Gasteiger partial charge in [-0.2, -0.15) is 0 Å². The summed E-state index contributed by atoms with van der Waals surface area (Å²) in [5.74, 6) is -0.247. The summed E-state index contributed by atoms with van der Waals surface area (Å²) >= 11 is 7.57. The summed E-state index contributed by atoms with van der Waals surface area (Å²) in [6, 6.07) is 7.61. The van der Waals surface area contributed by atoms with Gasteiger partial charge >= 0.3 is 0 Å². The maximum absolute atomic E-state index is 12.8. The fourth-order valence-corrected chi connectivity index (χ4v) is 4.01. The molecule has 0 saturated carbocycles. The SMILES string of the molecule is Cc1nc2sc(C(=O)Nc3ccccc3N(C)C)c(N)c2c(C)c1Cl. The fraction of sp³-hybridized carbons (Fsp3) is 0.222. The van der Waals surface area contributed by atoms with Gasteiger partial charge in [-0.1, -0.05) is 23.7 Å². The summed E-state index contributed by atoms with van der Waals surface area (Å²) in [7, 11) is 3.85. The summed E-state index contributed by atoms with van der Waals surface area (Å²) in [6.07, 6.45) is 0. The normalized spacial score (nSPS) is 10.9. The number of hydrogen-bond donors (Lipinski definition) is 2. The minimum atomic E-state index is -0.247. The lowest BCUT2D eigenvalue weighted by atomic mass is 10.1. The number of benzene rings is 1. The van der Waals surface area contributed by atoms with Gasteiger partial charge < -0.3 is 16.0 Å². The number of rotatable bonds is 3. The second-order valence-corrected chi connectivity index (χ2v) is 7.40. The number of aryl methyl sites for hydroxylation is 2. The van der Waals surface area contributed by atoms with E-state index in [0.717, 1.165) is 32.8 Å². The number of carbonyl (C=O) groups excluding carboxylic acids is 1. The molecule has 0 atom stereocenters. The van der Waals surface area contributed by atoms with Crippen LogP contribution < -0.4 is 16.0 Å². The van der Waals surface area contributed by atoms with Crippen molar-refractivity contribution in [2.24, 2.45) is 0 Å². The number of nitrogens with one attached hydrogen (secondary N) is 1. The number of thiophene rings is 1. The van der Waals surface area contributed by atoms with Crippen LogP contribution in [0.2, 0.25) is 5.02 Å². The van der Waals surface area contributed by atoms with Crippen LogP contribution in [0.4, 0.5) is 17.1 Å². The molecule has 3 aromatic rings. The molecule has 0 aliphatic rings. The van der Waals surface area contributed by atoms with E-state index in [4.69, 9.17) is 17.3 Å². The molecule has 7 heteroatoms. The average Bonchev–Trinajstić information content (AvgIpc) is 2.89. The van der Waals surface area contributed by atoms with Crippen LogP contribution in [0.25, 0.3) is 10.2 Å². The maximum atomic E-state index is 12.8. The standard InChI is InChI=1S/C18H19ClN4OS/c1-9-13-15(20)16(25-18(13)21-10(2)14(9)19)17(24)22-11-7-5-6-8-12(11)23(3)4/h5-8H,20H2,1-4H3,(H,22,24). The largest absolute Gasteiger partial charge is 0.397 e. The van der Waals surface area contributed by atoms with Crippen molar-refractivity contribution < 1.29 is 4.79 Å². The molecule has 1 amide bonds. The number of carbonyl (C=O) groups is 1. The van der Waals surface area contributed by atoms with Crippen molar-refractivity contribution in [2.75, 3.05) is 30.0 Å². The van der Waals surface area contributed by atoms with Crippen molar-refractivity contribution in [3.05, 3.63) is 45.4 Å². The first-order chi connectivity index (χ1) is 11.8. The molecule has 5 nitrogen and oxygen atoms in total. The lowest BCUT2D eigenvalue weighted by Gasteiger charge is -2.17. The van der Waals surface area contributed by atoms with Crippen molar-refractivity contribution in [2.45, 2.75) is 13.8 Å². The van der Waals surface area contributed by atoms with Crippen molar-refractivity contribution in [1.82, 2.24) is 4.98 Å². The topological polar surface area (TPSA) is 71.2 Å². The highest BCUT2D eigenvalue weighted by Crippen LogP contribution is 2.38. The number of amides is 1.